The fraction of sp³-hybridized carbons (Fsp3) is 0.333. The second-order valence-corrected chi connectivity index (χ2v) is 8.30. The van der Waals surface area contributed by atoms with E-state index in [0.717, 1.165) is 35.5 Å². The average Bonchev–Trinajstić information content (AvgIpc) is 3.03. The molecule has 0 radical (unpaired) electrons. The number of H-pyrrole nitrogens is 1. The number of aromatic nitrogens is 2. The van der Waals surface area contributed by atoms with E-state index >= 15 is 0 Å². The van der Waals surface area contributed by atoms with Gasteiger partial charge in [-0.05, 0) is 61.9 Å². The third kappa shape index (κ3) is 3.49. The summed E-state index contributed by atoms with van der Waals surface area (Å²) in [6.07, 6.45) is 3.22. The lowest BCUT2D eigenvalue weighted by atomic mass is 9.88. The van der Waals surface area contributed by atoms with Crippen LogP contribution in [0.1, 0.15) is 42.5 Å². The van der Waals surface area contributed by atoms with Crippen molar-refractivity contribution < 1.29 is 4.79 Å². The van der Waals surface area contributed by atoms with Crippen LogP contribution in [0.15, 0.2) is 47.6 Å². The maximum absolute atomic E-state index is 12.7. The van der Waals surface area contributed by atoms with Gasteiger partial charge in [-0.3, -0.25) is 4.79 Å². The van der Waals surface area contributed by atoms with Gasteiger partial charge in [0.15, 0.2) is 5.16 Å². The zero-order valence-corrected chi connectivity index (χ0v) is 15.9. The lowest BCUT2D eigenvalue weighted by molar-refractivity contribution is -0.121. The Kier molecular flexibility index (Phi) is 4.72. The molecule has 1 aliphatic carbocycles. The summed E-state index contributed by atoms with van der Waals surface area (Å²) >= 11 is 1.47. The molecular weight excluding hydrogens is 342 g/mol. The standard InChI is InChI=1S/C21H23N3OS/c1-13-10-11-18-19(12-13)24-21(23-18)26-14(2)20(25)22-17-9-5-7-15-6-3-4-8-16(15)17/h3-4,6,8,10-12,14,17H,5,7,9H2,1-2H3,(H,22,25)(H,23,24)/t14-,17+/m1/s1. The van der Waals surface area contributed by atoms with Gasteiger partial charge in [-0.25, -0.2) is 4.98 Å². The first-order valence-electron chi connectivity index (χ1n) is 9.11. The molecule has 0 saturated heterocycles. The number of hydrogen-bond donors (Lipinski definition) is 2. The van der Waals surface area contributed by atoms with Gasteiger partial charge in [0, 0.05) is 0 Å². The number of hydrogen-bond acceptors (Lipinski definition) is 3. The molecule has 2 atom stereocenters. The van der Waals surface area contributed by atoms with Crippen molar-refractivity contribution in [2.75, 3.05) is 0 Å². The molecule has 0 unspecified atom stereocenters. The van der Waals surface area contributed by atoms with E-state index in [-0.39, 0.29) is 17.2 Å². The maximum atomic E-state index is 12.7. The molecular formula is C21H23N3OS. The molecule has 1 aliphatic rings. The van der Waals surface area contributed by atoms with Crippen LogP contribution >= 0.6 is 11.8 Å². The van der Waals surface area contributed by atoms with Crippen molar-refractivity contribution in [3.8, 4) is 0 Å². The van der Waals surface area contributed by atoms with Gasteiger partial charge in [0.1, 0.15) is 0 Å². The van der Waals surface area contributed by atoms with Gasteiger partial charge in [0.05, 0.1) is 22.3 Å². The second kappa shape index (κ2) is 7.16. The number of thioether (sulfide) groups is 1. The molecule has 3 aromatic rings. The molecule has 1 heterocycles. The van der Waals surface area contributed by atoms with E-state index in [1.165, 1.54) is 28.5 Å². The van der Waals surface area contributed by atoms with Crippen LogP contribution in [0.3, 0.4) is 0 Å². The number of rotatable bonds is 4. The lowest BCUT2D eigenvalue weighted by Gasteiger charge is -2.27. The fourth-order valence-electron chi connectivity index (χ4n) is 3.57. The molecule has 0 spiro atoms. The van der Waals surface area contributed by atoms with Crippen LogP contribution in [-0.4, -0.2) is 21.1 Å². The minimum absolute atomic E-state index is 0.0633. The summed E-state index contributed by atoms with van der Waals surface area (Å²) in [7, 11) is 0. The number of amides is 1. The lowest BCUT2D eigenvalue weighted by Crippen LogP contribution is -2.35. The van der Waals surface area contributed by atoms with E-state index in [0.29, 0.717) is 0 Å². The molecule has 26 heavy (non-hydrogen) atoms. The van der Waals surface area contributed by atoms with E-state index in [1.807, 2.05) is 19.1 Å². The average molecular weight is 366 g/mol. The Morgan fingerprint density at radius 2 is 2.15 bits per heavy atom. The van der Waals surface area contributed by atoms with Crippen LogP contribution in [0.25, 0.3) is 11.0 Å². The first kappa shape index (κ1) is 17.2. The van der Waals surface area contributed by atoms with E-state index in [4.69, 9.17) is 0 Å². The van der Waals surface area contributed by atoms with Crippen LogP contribution < -0.4 is 5.32 Å². The van der Waals surface area contributed by atoms with Crippen LogP contribution in [-0.2, 0) is 11.2 Å². The quantitative estimate of drug-likeness (QED) is 0.667. The highest BCUT2D eigenvalue weighted by Gasteiger charge is 2.24. The summed E-state index contributed by atoms with van der Waals surface area (Å²) in [6, 6.07) is 14.7. The number of fused-ring (bicyclic) bond motifs is 2. The van der Waals surface area contributed by atoms with Gasteiger partial charge in [0.25, 0.3) is 0 Å². The highest BCUT2D eigenvalue weighted by atomic mass is 32.2. The molecule has 0 fully saturated rings. The highest BCUT2D eigenvalue weighted by Crippen LogP contribution is 2.30. The Morgan fingerprint density at radius 1 is 1.31 bits per heavy atom. The van der Waals surface area contributed by atoms with Gasteiger partial charge in [-0.15, -0.1) is 0 Å². The van der Waals surface area contributed by atoms with Gasteiger partial charge in [0.2, 0.25) is 5.91 Å². The summed E-state index contributed by atoms with van der Waals surface area (Å²) in [6.45, 7) is 4.00. The minimum Gasteiger partial charge on any atom is -0.348 e. The molecule has 4 nitrogen and oxygen atoms in total. The fourth-order valence-corrected chi connectivity index (χ4v) is 4.40. The molecule has 0 aliphatic heterocycles. The first-order valence-corrected chi connectivity index (χ1v) is 9.99. The van der Waals surface area contributed by atoms with E-state index < -0.39 is 0 Å². The molecule has 1 amide bonds. The van der Waals surface area contributed by atoms with Crippen molar-refractivity contribution in [3.63, 3.8) is 0 Å². The van der Waals surface area contributed by atoms with Crippen LogP contribution in [0.5, 0.6) is 0 Å². The van der Waals surface area contributed by atoms with Crippen LogP contribution in [0, 0.1) is 6.92 Å². The molecule has 4 rings (SSSR count). The number of carbonyl (C=O) groups is 1. The SMILES string of the molecule is Cc1ccc2nc(S[C@H](C)C(=O)N[C@H]3CCCc4ccccc43)[nH]c2c1. The Hall–Kier alpha value is -2.27. The number of carbonyl (C=O) groups excluding carboxylic acids is 1. The second-order valence-electron chi connectivity index (χ2n) is 6.97. The van der Waals surface area contributed by atoms with Crippen LogP contribution in [0.4, 0.5) is 0 Å². The van der Waals surface area contributed by atoms with Crippen molar-refractivity contribution in [2.24, 2.45) is 0 Å². The molecule has 1 aromatic heterocycles. The number of aryl methyl sites for hydroxylation is 2. The van der Waals surface area contributed by atoms with Crippen LogP contribution in [0.2, 0.25) is 0 Å². The largest absolute Gasteiger partial charge is 0.348 e. The van der Waals surface area contributed by atoms with Gasteiger partial charge in [-0.1, -0.05) is 42.1 Å². The Labute approximate surface area is 157 Å². The molecule has 0 saturated carbocycles. The molecule has 0 bridgehead atoms. The third-order valence-corrected chi connectivity index (χ3v) is 5.94. The summed E-state index contributed by atoms with van der Waals surface area (Å²) in [4.78, 5) is 20.6. The molecule has 134 valence electrons. The molecule has 2 aromatic carbocycles. The topological polar surface area (TPSA) is 57.8 Å². The smallest absolute Gasteiger partial charge is 0.233 e. The van der Waals surface area contributed by atoms with Crippen molar-refractivity contribution >= 4 is 28.7 Å². The summed E-state index contributed by atoms with van der Waals surface area (Å²) in [5.74, 6) is 0.0633. The molecule has 2 N–H and O–H groups in total. The van der Waals surface area contributed by atoms with Gasteiger partial charge >= 0.3 is 0 Å². The summed E-state index contributed by atoms with van der Waals surface area (Å²) < 4.78 is 0. The third-order valence-electron chi connectivity index (χ3n) is 4.96. The molecule has 5 heteroatoms. The van der Waals surface area contributed by atoms with Crippen molar-refractivity contribution in [1.82, 2.24) is 15.3 Å². The van der Waals surface area contributed by atoms with Gasteiger partial charge in [-0.2, -0.15) is 0 Å². The monoisotopic (exact) mass is 365 g/mol. The Bertz CT molecular complexity index is 949. The summed E-state index contributed by atoms with van der Waals surface area (Å²) in [5.41, 5.74) is 5.77. The van der Waals surface area contributed by atoms with Crippen molar-refractivity contribution in [2.45, 2.75) is 49.6 Å². The van der Waals surface area contributed by atoms with Crippen molar-refractivity contribution in [1.29, 1.82) is 0 Å². The predicted molar refractivity (Wildman–Crippen MR) is 106 cm³/mol. The number of nitrogens with one attached hydrogen (secondary N) is 2. The van der Waals surface area contributed by atoms with Gasteiger partial charge < -0.3 is 10.3 Å². The number of imidazole rings is 1. The normalized spacial score (nSPS) is 17.7. The van der Waals surface area contributed by atoms with Crippen molar-refractivity contribution in [3.05, 3.63) is 59.2 Å². The number of benzene rings is 2. The highest BCUT2D eigenvalue weighted by molar-refractivity contribution is 8.00. The Balaban J connectivity index is 1.45. The number of nitrogens with zero attached hydrogens (tertiary/aromatic N) is 1. The zero-order valence-electron chi connectivity index (χ0n) is 15.1. The maximum Gasteiger partial charge on any atom is 0.233 e. The minimum atomic E-state index is -0.203. The predicted octanol–water partition coefficient (Wildman–Crippen LogP) is 4.55. The van der Waals surface area contributed by atoms with E-state index in [9.17, 15) is 4.79 Å². The first-order chi connectivity index (χ1) is 12.6. The Morgan fingerprint density at radius 3 is 3.04 bits per heavy atom. The number of aromatic amines is 1. The zero-order chi connectivity index (χ0) is 18.1. The summed E-state index contributed by atoms with van der Waals surface area (Å²) in [5, 5.41) is 3.82. The van der Waals surface area contributed by atoms with E-state index in [1.54, 1.807) is 0 Å². The van der Waals surface area contributed by atoms with E-state index in [2.05, 4.69) is 52.5 Å².